The van der Waals surface area contributed by atoms with E-state index in [2.05, 4.69) is 57.7 Å². The van der Waals surface area contributed by atoms with Gasteiger partial charge in [-0.05, 0) is 38.3 Å². The van der Waals surface area contributed by atoms with E-state index in [1.54, 1.807) is 7.11 Å². The van der Waals surface area contributed by atoms with Crippen LogP contribution in [0.1, 0.15) is 26.2 Å². The highest BCUT2D eigenvalue weighted by molar-refractivity contribution is 5.80. The number of nitrogens with one attached hydrogen (secondary N) is 2. The molecule has 1 aromatic carbocycles. The van der Waals surface area contributed by atoms with Crippen LogP contribution in [0.4, 0.5) is 5.69 Å². The summed E-state index contributed by atoms with van der Waals surface area (Å²) >= 11 is 0. The third kappa shape index (κ3) is 6.40. The average Bonchev–Trinajstić information content (AvgIpc) is 3.43. The topological polar surface area (TPSA) is 52.1 Å². The Kier molecular flexibility index (Phi) is 7.78. The summed E-state index contributed by atoms with van der Waals surface area (Å²) < 4.78 is 5.24. The van der Waals surface area contributed by atoms with Gasteiger partial charge in [0.2, 0.25) is 0 Å². The van der Waals surface area contributed by atoms with E-state index >= 15 is 0 Å². The van der Waals surface area contributed by atoms with E-state index in [9.17, 15) is 0 Å². The van der Waals surface area contributed by atoms with Crippen LogP contribution in [-0.2, 0) is 4.74 Å². The van der Waals surface area contributed by atoms with Crippen molar-refractivity contribution in [3.05, 3.63) is 30.3 Å². The second kappa shape index (κ2) is 10.5. The Labute approximate surface area is 164 Å². The summed E-state index contributed by atoms with van der Waals surface area (Å²) in [5.41, 5.74) is 1.31. The van der Waals surface area contributed by atoms with E-state index in [1.807, 2.05) is 0 Å². The molecule has 6 heteroatoms. The fourth-order valence-corrected chi connectivity index (χ4v) is 3.68. The lowest BCUT2D eigenvalue weighted by atomic mass is 10.3. The monoisotopic (exact) mass is 373 g/mol. The zero-order valence-electron chi connectivity index (χ0n) is 16.9. The van der Waals surface area contributed by atoms with Gasteiger partial charge in [0.15, 0.2) is 5.96 Å². The molecule has 0 radical (unpaired) electrons. The molecule has 6 nitrogen and oxygen atoms in total. The van der Waals surface area contributed by atoms with E-state index in [0.717, 1.165) is 64.3 Å². The van der Waals surface area contributed by atoms with Crippen LogP contribution >= 0.6 is 0 Å². The van der Waals surface area contributed by atoms with Crippen LogP contribution in [0.2, 0.25) is 0 Å². The van der Waals surface area contributed by atoms with Gasteiger partial charge >= 0.3 is 0 Å². The van der Waals surface area contributed by atoms with Crippen molar-refractivity contribution in [1.82, 2.24) is 15.5 Å². The quantitative estimate of drug-likeness (QED) is 0.485. The molecule has 0 amide bonds. The fourth-order valence-electron chi connectivity index (χ4n) is 3.68. The maximum atomic E-state index is 5.24. The molecule has 1 atom stereocenters. The number of anilines is 1. The molecule has 3 rings (SSSR count). The van der Waals surface area contributed by atoms with Gasteiger partial charge in [-0.2, -0.15) is 0 Å². The average molecular weight is 374 g/mol. The SMILES string of the molecule is CCNC(=NCCN(CCOC)C1CC1)NC1CCN(c2ccccc2)C1. The number of hydrogen-bond acceptors (Lipinski definition) is 4. The number of para-hydroxylation sites is 1. The zero-order chi connectivity index (χ0) is 18.9. The van der Waals surface area contributed by atoms with Gasteiger partial charge in [0.05, 0.1) is 13.2 Å². The minimum Gasteiger partial charge on any atom is -0.383 e. The standard InChI is InChI=1S/C21H35N5O/c1-3-22-21(23-12-14-25(15-16-27-2)20-9-10-20)24-18-11-13-26(17-18)19-7-5-4-6-8-19/h4-8,18,20H,3,9-17H2,1-2H3,(H2,22,23,24). The Morgan fingerprint density at radius 2 is 2.04 bits per heavy atom. The first-order valence-corrected chi connectivity index (χ1v) is 10.4. The van der Waals surface area contributed by atoms with E-state index < -0.39 is 0 Å². The molecular weight excluding hydrogens is 338 g/mol. The molecule has 27 heavy (non-hydrogen) atoms. The van der Waals surface area contributed by atoms with Gasteiger partial charge in [0, 0.05) is 57.6 Å². The Morgan fingerprint density at radius 1 is 1.22 bits per heavy atom. The van der Waals surface area contributed by atoms with Crippen LogP contribution in [0.15, 0.2) is 35.3 Å². The molecule has 1 aliphatic carbocycles. The number of benzene rings is 1. The van der Waals surface area contributed by atoms with Gasteiger partial charge in [-0.25, -0.2) is 0 Å². The highest BCUT2D eigenvalue weighted by atomic mass is 16.5. The van der Waals surface area contributed by atoms with Crippen molar-refractivity contribution in [1.29, 1.82) is 0 Å². The number of methoxy groups -OCH3 is 1. The smallest absolute Gasteiger partial charge is 0.191 e. The molecule has 2 N–H and O–H groups in total. The summed E-state index contributed by atoms with van der Waals surface area (Å²) in [4.78, 5) is 9.79. The van der Waals surface area contributed by atoms with Gasteiger partial charge in [-0.1, -0.05) is 18.2 Å². The molecule has 150 valence electrons. The molecule has 0 aromatic heterocycles. The molecule has 0 spiro atoms. The van der Waals surface area contributed by atoms with Crippen molar-refractivity contribution in [2.45, 2.75) is 38.3 Å². The summed E-state index contributed by atoms with van der Waals surface area (Å²) in [6, 6.07) is 11.9. The number of ether oxygens (including phenoxy) is 1. The Balaban J connectivity index is 1.47. The highest BCUT2D eigenvalue weighted by Gasteiger charge is 2.28. The van der Waals surface area contributed by atoms with Crippen LogP contribution in [0, 0.1) is 0 Å². The molecule has 2 fully saturated rings. The number of nitrogens with zero attached hydrogens (tertiary/aromatic N) is 3. The van der Waals surface area contributed by atoms with E-state index in [0.29, 0.717) is 6.04 Å². The maximum absolute atomic E-state index is 5.24. The predicted molar refractivity (Wildman–Crippen MR) is 113 cm³/mol. The third-order valence-corrected chi connectivity index (χ3v) is 5.30. The summed E-state index contributed by atoms with van der Waals surface area (Å²) in [6.07, 6.45) is 3.79. The highest BCUT2D eigenvalue weighted by Crippen LogP contribution is 2.26. The van der Waals surface area contributed by atoms with Crippen molar-refractivity contribution in [3.8, 4) is 0 Å². The lowest BCUT2D eigenvalue weighted by molar-refractivity contribution is 0.145. The summed E-state index contributed by atoms with van der Waals surface area (Å²) in [5, 5.41) is 7.04. The Hall–Kier alpha value is -1.79. The second-order valence-corrected chi connectivity index (χ2v) is 7.43. The minimum absolute atomic E-state index is 0.441. The normalized spacial score (nSPS) is 20.3. The Morgan fingerprint density at radius 3 is 2.74 bits per heavy atom. The first-order chi connectivity index (χ1) is 13.3. The van der Waals surface area contributed by atoms with E-state index in [4.69, 9.17) is 9.73 Å². The number of rotatable bonds is 10. The van der Waals surface area contributed by atoms with Crippen molar-refractivity contribution < 1.29 is 4.74 Å². The number of guanidine groups is 1. The first-order valence-electron chi connectivity index (χ1n) is 10.4. The summed E-state index contributed by atoms with van der Waals surface area (Å²) in [5.74, 6) is 0.944. The van der Waals surface area contributed by atoms with Crippen molar-refractivity contribution in [3.63, 3.8) is 0 Å². The largest absolute Gasteiger partial charge is 0.383 e. The molecule has 1 saturated carbocycles. The van der Waals surface area contributed by atoms with Crippen LogP contribution in [-0.4, -0.2) is 75.9 Å². The Bertz CT molecular complexity index is 575. The number of aliphatic imine (C=N–C) groups is 1. The zero-order valence-corrected chi connectivity index (χ0v) is 16.9. The fraction of sp³-hybridized carbons (Fsp3) is 0.667. The van der Waals surface area contributed by atoms with Crippen LogP contribution in [0.25, 0.3) is 0 Å². The molecular formula is C21H35N5O. The van der Waals surface area contributed by atoms with E-state index in [-0.39, 0.29) is 0 Å². The third-order valence-electron chi connectivity index (χ3n) is 5.30. The molecule has 2 aliphatic rings. The van der Waals surface area contributed by atoms with Crippen LogP contribution in [0.3, 0.4) is 0 Å². The first kappa shape index (κ1) is 20.0. The van der Waals surface area contributed by atoms with Gasteiger partial charge < -0.3 is 20.3 Å². The van der Waals surface area contributed by atoms with Crippen molar-refractivity contribution >= 4 is 11.6 Å². The minimum atomic E-state index is 0.441. The lowest BCUT2D eigenvalue weighted by Crippen LogP contribution is -2.45. The molecule has 1 aromatic rings. The second-order valence-electron chi connectivity index (χ2n) is 7.43. The summed E-state index contributed by atoms with van der Waals surface area (Å²) in [6.45, 7) is 8.76. The van der Waals surface area contributed by atoms with Crippen LogP contribution in [0.5, 0.6) is 0 Å². The van der Waals surface area contributed by atoms with Crippen LogP contribution < -0.4 is 15.5 Å². The molecule has 1 aliphatic heterocycles. The predicted octanol–water partition coefficient (Wildman–Crippen LogP) is 1.93. The molecule has 1 heterocycles. The van der Waals surface area contributed by atoms with Crippen molar-refractivity contribution in [2.24, 2.45) is 4.99 Å². The van der Waals surface area contributed by atoms with Gasteiger partial charge in [-0.3, -0.25) is 9.89 Å². The molecule has 1 unspecified atom stereocenters. The van der Waals surface area contributed by atoms with Gasteiger partial charge in [-0.15, -0.1) is 0 Å². The molecule has 1 saturated heterocycles. The van der Waals surface area contributed by atoms with Gasteiger partial charge in [0.1, 0.15) is 0 Å². The summed E-state index contributed by atoms with van der Waals surface area (Å²) in [7, 11) is 1.77. The maximum Gasteiger partial charge on any atom is 0.191 e. The van der Waals surface area contributed by atoms with E-state index in [1.165, 1.54) is 18.5 Å². The van der Waals surface area contributed by atoms with Crippen molar-refractivity contribution in [2.75, 3.05) is 57.9 Å². The number of hydrogen-bond donors (Lipinski definition) is 2. The molecule has 0 bridgehead atoms. The lowest BCUT2D eigenvalue weighted by Gasteiger charge is -2.22. The van der Waals surface area contributed by atoms with Gasteiger partial charge in [0.25, 0.3) is 0 Å².